The molecule has 0 radical (unpaired) electrons. The minimum Gasteiger partial charge on any atom is -0.351 e. The Hall–Kier alpha value is -1.24. The molecule has 0 fully saturated rings. The van der Waals surface area contributed by atoms with Gasteiger partial charge in [-0.3, -0.25) is 0 Å². The van der Waals surface area contributed by atoms with Crippen LogP contribution in [0, 0.1) is 0 Å². The lowest BCUT2D eigenvalue weighted by atomic mass is 10.0. The number of rotatable bonds is 0. The summed E-state index contributed by atoms with van der Waals surface area (Å²) in [5, 5.41) is 0. The van der Waals surface area contributed by atoms with Crippen molar-refractivity contribution in [3.05, 3.63) is 41.6 Å². The average Bonchev–Trinajstić information content (AvgIpc) is 2.34. The average molecular weight is 219 g/mol. The lowest BCUT2D eigenvalue weighted by Crippen LogP contribution is -2.15. The molecule has 0 bridgehead atoms. The van der Waals surface area contributed by atoms with Gasteiger partial charge in [0.25, 0.3) is 0 Å². The molecule has 1 heteroatoms. The van der Waals surface area contributed by atoms with Gasteiger partial charge >= 0.3 is 0 Å². The predicted molar refractivity (Wildman–Crippen MR) is 75.0 cm³/mol. The van der Waals surface area contributed by atoms with E-state index in [1.165, 1.54) is 16.8 Å². The molecular weight excluding hydrogens is 194 g/mol. The van der Waals surface area contributed by atoms with Crippen LogP contribution in [0.4, 0.5) is 5.69 Å². The van der Waals surface area contributed by atoms with Crippen molar-refractivity contribution in [2.45, 2.75) is 41.0 Å². The largest absolute Gasteiger partial charge is 0.351 e. The molecule has 1 heterocycles. The van der Waals surface area contributed by atoms with E-state index in [1.54, 1.807) is 0 Å². The van der Waals surface area contributed by atoms with Crippen LogP contribution < -0.4 is 4.90 Å². The topological polar surface area (TPSA) is 3.24 Å². The van der Waals surface area contributed by atoms with Gasteiger partial charge in [0.05, 0.1) is 0 Å². The molecule has 1 aliphatic rings. The van der Waals surface area contributed by atoms with Crippen LogP contribution in [0.15, 0.2) is 36.0 Å². The van der Waals surface area contributed by atoms with Crippen molar-refractivity contribution in [3.63, 3.8) is 0 Å². The Morgan fingerprint density at radius 1 is 1.00 bits per heavy atom. The maximum atomic E-state index is 2.20. The van der Waals surface area contributed by atoms with Crippen LogP contribution >= 0.6 is 0 Å². The van der Waals surface area contributed by atoms with Crippen LogP contribution in [-0.4, -0.2) is 7.05 Å². The Bertz CT molecular complexity index is 326. The van der Waals surface area contributed by atoms with Gasteiger partial charge < -0.3 is 4.90 Å². The molecule has 0 atom stereocenters. The number of para-hydroxylation sites is 1. The molecular formula is C15H25N. The maximum absolute atomic E-state index is 2.20. The van der Waals surface area contributed by atoms with E-state index in [9.17, 15) is 0 Å². The van der Waals surface area contributed by atoms with E-state index in [0.29, 0.717) is 0 Å². The summed E-state index contributed by atoms with van der Waals surface area (Å²) in [4.78, 5) is 2.19. The van der Waals surface area contributed by atoms with Crippen LogP contribution in [0.3, 0.4) is 0 Å². The number of fused-ring (bicyclic) bond motifs is 1. The van der Waals surface area contributed by atoms with Gasteiger partial charge in [-0.05, 0) is 25.0 Å². The normalized spacial score (nSPS) is 12.4. The Balaban J connectivity index is 0.000000509. The first-order valence-corrected chi connectivity index (χ1v) is 6.25. The molecule has 0 N–H and O–H groups in total. The Kier molecular flexibility index (Phi) is 7.36. The number of hydrogen-bond acceptors (Lipinski definition) is 1. The van der Waals surface area contributed by atoms with E-state index < -0.39 is 0 Å². The third-order valence-electron chi connectivity index (χ3n) is 2.25. The highest BCUT2D eigenvalue weighted by Gasteiger charge is 2.10. The van der Waals surface area contributed by atoms with Crippen molar-refractivity contribution in [2.24, 2.45) is 0 Å². The third kappa shape index (κ3) is 3.73. The lowest BCUT2D eigenvalue weighted by Gasteiger charge is -2.24. The summed E-state index contributed by atoms with van der Waals surface area (Å²) < 4.78 is 0. The summed E-state index contributed by atoms with van der Waals surface area (Å²) in [5.41, 5.74) is 4.19. The van der Waals surface area contributed by atoms with E-state index in [0.717, 1.165) is 6.42 Å². The van der Waals surface area contributed by atoms with Crippen molar-refractivity contribution in [1.29, 1.82) is 0 Å². The van der Waals surface area contributed by atoms with Gasteiger partial charge in [0.2, 0.25) is 0 Å². The third-order valence-corrected chi connectivity index (χ3v) is 2.25. The monoisotopic (exact) mass is 219 g/mol. The molecule has 90 valence electrons. The first kappa shape index (κ1) is 14.8. The lowest BCUT2D eigenvalue weighted by molar-refractivity contribution is 1.02. The number of hydrogen-bond donors (Lipinski definition) is 0. The molecule has 0 saturated heterocycles. The maximum Gasteiger partial charge on any atom is 0.0439 e. The van der Waals surface area contributed by atoms with Gasteiger partial charge in [0.1, 0.15) is 0 Å². The van der Waals surface area contributed by atoms with E-state index in [-0.39, 0.29) is 0 Å². The van der Waals surface area contributed by atoms with Crippen LogP contribution in [-0.2, 0) is 6.42 Å². The molecule has 0 unspecified atom stereocenters. The van der Waals surface area contributed by atoms with Gasteiger partial charge in [0, 0.05) is 18.9 Å². The highest BCUT2D eigenvalue weighted by Crippen LogP contribution is 2.26. The predicted octanol–water partition coefficient (Wildman–Crippen LogP) is 4.64. The molecule has 1 aromatic rings. The number of allylic oxidation sites excluding steroid dienone is 1. The van der Waals surface area contributed by atoms with Crippen molar-refractivity contribution in [2.75, 3.05) is 11.9 Å². The van der Waals surface area contributed by atoms with E-state index >= 15 is 0 Å². The van der Waals surface area contributed by atoms with E-state index in [1.807, 2.05) is 27.7 Å². The molecule has 1 nitrogen and oxygen atoms in total. The Morgan fingerprint density at radius 3 is 2.19 bits per heavy atom. The van der Waals surface area contributed by atoms with Crippen molar-refractivity contribution >= 4 is 5.69 Å². The number of nitrogens with zero attached hydrogens (tertiary/aromatic N) is 1. The SMILES string of the molecule is CC.CC.CC1=CN(C)c2ccccc2C1. The molecule has 0 aliphatic carbocycles. The first-order valence-electron chi connectivity index (χ1n) is 6.25. The molecule has 0 aromatic heterocycles. The zero-order chi connectivity index (χ0) is 12.6. The summed E-state index contributed by atoms with van der Waals surface area (Å²) in [6.45, 7) is 10.2. The zero-order valence-electron chi connectivity index (χ0n) is 11.5. The van der Waals surface area contributed by atoms with Crippen LogP contribution in [0.1, 0.15) is 40.2 Å². The molecule has 1 aliphatic heterocycles. The number of anilines is 1. The van der Waals surface area contributed by atoms with Crippen molar-refractivity contribution < 1.29 is 0 Å². The van der Waals surface area contributed by atoms with Gasteiger partial charge in [0.15, 0.2) is 0 Å². The fraction of sp³-hybridized carbons (Fsp3) is 0.467. The molecule has 0 amide bonds. The molecule has 0 spiro atoms. The van der Waals surface area contributed by atoms with Crippen LogP contribution in [0.2, 0.25) is 0 Å². The Morgan fingerprint density at radius 2 is 1.56 bits per heavy atom. The second-order valence-electron chi connectivity index (χ2n) is 3.39. The standard InChI is InChI=1S/C11H13N.2C2H6/c1-9-7-10-5-3-4-6-11(10)12(2)8-9;2*1-2/h3-6,8H,7H2,1-2H3;2*1-2H3. The molecule has 0 saturated carbocycles. The minimum atomic E-state index is 1.10. The second-order valence-corrected chi connectivity index (χ2v) is 3.39. The molecule has 16 heavy (non-hydrogen) atoms. The highest BCUT2D eigenvalue weighted by atomic mass is 15.1. The summed E-state index contributed by atoms with van der Waals surface area (Å²) >= 11 is 0. The summed E-state index contributed by atoms with van der Waals surface area (Å²) in [6.07, 6.45) is 3.29. The van der Waals surface area contributed by atoms with Gasteiger partial charge in [-0.15, -0.1) is 0 Å². The number of benzene rings is 1. The Labute approximate surface area is 101 Å². The van der Waals surface area contributed by atoms with E-state index in [4.69, 9.17) is 0 Å². The fourth-order valence-corrected chi connectivity index (χ4v) is 1.75. The summed E-state index contributed by atoms with van der Waals surface area (Å²) in [6, 6.07) is 8.55. The smallest absolute Gasteiger partial charge is 0.0439 e. The highest BCUT2D eigenvalue weighted by molar-refractivity contribution is 5.59. The first-order chi connectivity index (χ1) is 7.77. The van der Waals surface area contributed by atoms with Crippen LogP contribution in [0.25, 0.3) is 0 Å². The fourth-order valence-electron chi connectivity index (χ4n) is 1.75. The van der Waals surface area contributed by atoms with Crippen molar-refractivity contribution in [1.82, 2.24) is 0 Å². The van der Waals surface area contributed by atoms with Gasteiger partial charge in [-0.25, -0.2) is 0 Å². The van der Waals surface area contributed by atoms with Crippen LogP contribution in [0.5, 0.6) is 0 Å². The minimum absolute atomic E-state index is 1.10. The quantitative estimate of drug-likeness (QED) is 0.614. The van der Waals surface area contributed by atoms with E-state index in [2.05, 4.69) is 49.3 Å². The summed E-state index contributed by atoms with van der Waals surface area (Å²) in [7, 11) is 2.10. The van der Waals surface area contributed by atoms with Gasteiger partial charge in [-0.1, -0.05) is 51.5 Å². The summed E-state index contributed by atoms with van der Waals surface area (Å²) in [5.74, 6) is 0. The second kappa shape index (κ2) is 7.98. The van der Waals surface area contributed by atoms with Gasteiger partial charge in [-0.2, -0.15) is 0 Å². The zero-order valence-corrected chi connectivity index (χ0v) is 11.5. The molecule has 1 aromatic carbocycles. The van der Waals surface area contributed by atoms with Crippen molar-refractivity contribution in [3.8, 4) is 0 Å². The molecule has 2 rings (SSSR count).